The Bertz CT molecular complexity index is 654. The van der Waals surface area contributed by atoms with Gasteiger partial charge >= 0.3 is 0 Å². The maximum Gasteiger partial charge on any atom is 0.166 e. The molecule has 2 aromatic rings. The van der Waals surface area contributed by atoms with E-state index in [1.54, 1.807) is 0 Å². The highest BCUT2D eigenvalue weighted by atomic mass is 31.2. The van der Waals surface area contributed by atoms with Crippen molar-refractivity contribution in [2.75, 3.05) is 0 Å². The Morgan fingerprint density at radius 2 is 1.35 bits per heavy atom. The second-order valence-corrected chi connectivity index (χ2v) is 9.44. The van der Waals surface area contributed by atoms with Gasteiger partial charge in [0.15, 0.2) is 7.14 Å². The molecule has 2 heteroatoms. The highest BCUT2D eigenvalue weighted by Gasteiger charge is 2.29. The maximum absolute atomic E-state index is 14.1. The average Bonchev–Trinajstić information content (AvgIpc) is 2.63. The first-order valence-corrected chi connectivity index (χ1v) is 10.3. The van der Waals surface area contributed by atoms with Crippen LogP contribution in [0, 0.1) is 5.92 Å². The van der Waals surface area contributed by atoms with Gasteiger partial charge in [0.2, 0.25) is 0 Å². The lowest BCUT2D eigenvalue weighted by atomic mass is 9.89. The first kappa shape index (κ1) is 16.3. The SMILES string of the molecule is CC(=CC1CCCCC1)P(=O)(c1ccccc1)c1ccccc1. The van der Waals surface area contributed by atoms with Crippen molar-refractivity contribution in [1.82, 2.24) is 0 Å². The van der Waals surface area contributed by atoms with E-state index in [0.717, 1.165) is 15.9 Å². The summed E-state index contributed by atoms with van der Waals surface area (Å²) in [6.45, 7) is 2.06. The summed E-state index contributed by atoms with van der Waals surface area (Å²) >= 11 is 0. The molecular weight excluding hydrogens is 299 g/mol. The van der Waals surface area contributed by atoms with E-state index in [0.29, 0.717) is 5.92 Å². The molecule has 0 unspecified atom stereocenters. The molecule has 0 saturated heterocycles. The first-order valence-electron chi connectivity index (χ1n) is 8.61. The van der Waals surface area contributed by atoms with Crippen LogP contribution in [-0.4, -0.2) is 0 Å². The van der Waals surface area contributed by atoms with Crippen LogP contribution in [0.15, 0.2) is 72.1 Å². The lowest BCUT2D eigenvalue weighted by molar-refractivity contribution is 0.418. The van der Waals surface area contributed by atoms with E-state index < -0.39 is 7.14 Å². The van der Waals surface area contributed by atoms with Crippen LogP contribution in [0.4, 0.5) is 0 Å². The minimum absolute atomic E-state index is 0.587. The molecule has 1 fully saturated rings. The summed E-state index contributed by atoms with van der Waals surface area (Å²) < 4.78 is 14.1. The molecule has 3 rings (SSSR count). The quantitative estimate of drug-likeness (QED) is 0.680. The minimum atomic E-state index is -2.72. The van der Waals surface area contributed by atoms with Gasteiger partial charge in [-0.05, 0) is 31.0 Å². The van der Waals surface area contributed by atoms with Crippen molar-refractivity contribution in [1.29, 1.82) is 0 Å². The van der Waals surface area contributed by atoms with Crippen LogP contribution in [0.25, 0.3) is 0 Å². The van der Waals surface area contributed by atoms with Gasteiger partial charge in [0.05, 0.1) is 0 Å². The smallest absolute Gasteiger partial charge is 0.166 e. The fourth-order valence-electron chi connectivity index (χ4n) is 3.58. The van der Waals surface area contributed by atoms with Crippen LogP contribution in [0.1, 0.15) is 39.0 Å². The summed E-state index contributed by atoms with van der Waals surface area (Å²) in [5.41, 5.74) is 0. The zero-order valence-electron chi connectivity index (χ0n) is 13.8. The number of hydrogen-bond donors (Lipinski definition) is 0. The van der Waals surface area contributed by atoms with Gasteiger partial charge in [-0.2, -0.15) is 0 Å². The normalized spacial score (nSPS) is 17.2. The van der Waals surface area contributed by atoms with Crippen LogP contribution in [-0.2, 0) is 4.57 Å². The average molecular weight is 324 g/mol. The van der Waals surface area contributed by atoms with Crippen LogP contribution in [0.2, 0.25) is 0 Å². The second kappa shape index (κ2) is 7.32. The Morgan fingerprint density at radius 3 is 1.83 bits per heavy atom. The van der Waals surface area contributed by atoms with E-state index in [4.69, 9.17) is 0 Å². The molecule has 0 radical (unpaired) electrons. The first-order chi connectivity index (χ1) is 11.2. The standard InChI is InChI=1S/C21H25OP/c1-18(17-19-11-5-2-6-12-19)23(22,20-13-7-3-8-14-20)21-15-9-4-10-16-21/h3-4,7-10,13-17,19H,2,5-6,11-12H2,1H3. The molecule has 1 saturated carbocycles. The maximum atomic E-state index is 14.1. The van der Waals surface area contributed by atoms with E-state index in [9.17, 15) is 4.57 Å². The molecule has 0 aromatic heterocycles. The van der Waals surface area contributed by atoms with Gasteiger partial charge in [-0.3, -0.25) is 0 Å². The van der Waals surface area contributed by atoms with Gasteiger partial charge < -0.3 is 4.57 Å². The van der Waals surface area contributed by atoms with Crippen LogP contribution < -0.4 is 10.6 Å². The summed E-state index contributed by atoms with van der Waals surface area (Å²) in [7, 11) is -2.72. The van der Waals surface area contributed by atoms with Crippen molar-refractivity contribution in [2.24, 2.45) is 5.92 Å². The minimum Gasteiger partial charge on any atom is -0.309 e. The monoisotopic (exact) mass is 324 g/mol. The Morgan fingerprint density at radius 1 is 0.870 bits per heavy atom. The number of hydrogen-bond acceptors (Lipinski definition) is 1. The van der Waals surface area contributed by atoms with E-state index in [1.165, 1.54) is 32.1 Å². The molecule has 0 N–H and O–H groups in total. The lowest BCUT2D eigenvalue weighted by Gasteiger charge is -2.24. The third-order valence-electron chi connectivity index (χ3n) is 4.86. The van der Waals surface area contributed by atoms with Gasteiger partial charge in [0.1, 0.15) is 0 Å². The fraction of sp³-hybridized carbons (Fsp3) is 0.333. The zero-order valence-corrected chi connectivity index (χ0v) is 14.7. The highest BCUT2D eigenvalue weighted by Crippen LogP contribution is 2.52. The Hall–Kier alpha value is -1.59. The molecule has 120 valence electrons. The predicted molar refractivity (Wildman–Crippen MR) is 100 cm³/mol. The summed E-state index contributed by atoms with van der Waals surface area (Å²) in [6, 6.07) is 19.9. The number of allylic oxidation sites excluding steroid dienone is 2. The van der Waals surface area contributed by atoms with Crippen molar-refractivity contribution in [3.8, 4) is 0 Å². The van der Waals surface area contributed by atoms with Crippen LogP contribution in [0.5, 0.6) is 0 Å². The van der Waals surface area contributed by atoms with Crippen molar-refractivity contribution in [3.05, 3.63) is 72.1 Å². The summed E-state index contributed by atoms with van der Waals surface area (Å²) in [4.78, 5) is 0. The van der Waals surface area contributed by atoms with Crippen LogP contribution >= 0.6 is 7.14 Å². The number of benzene rings is 2. The van der Waals surface area contributed by atoms with Crippen molar-refractivity contribution in [3.63, 3.8) is 0 Å². The molecule has 0 bridgehead atoms. The molecule has 1 nitrogen and oxygen atoms in total. The van der Waals surface area contributed by atoms with E-state index in [2.05, 4.69) is 13.0 Å². The largest absolute Gasteiger partial charge is 0.309 e. The Labute approximate surface area is 139 Å². The molecule has 0 aliphatic heterocycles. The summed E-state index contributed by atoms with van der Waals surface area (Å²) in [5, 5.41) is 2.92. The van der Waals surface area contributed by atoms with E-state index in [1.807, 2.05) is 60.7 Å². The number of rotatable bonds is 4. The predicted octanol–water partition coefficient (Wildman–Crippen LogP) is 5.48. The molecule has 0 atom stereocenters. The third-order valence-corrected chi connectivity index (χ3v) is 8.06. The molecular formula is C21H25OP. The van der Waals surface area contributed by atoms with Gasteiger partial charge in [0, 0.05) is 10.6 Å². The van der Waals surface area contributed by atoms with Crippen molar-refractivity contribution >= 4 is 17.8 Å². The topological polar surface area (TPSA) is 17.1 Å². The lowest BCUT2D eigenvalue weighted by Crippen LogP contribution is -2.17. The zero-order chi connectivity index (χ0) is 16.1. The summed E-state index contributed by atoms with van der Waals surface area (Å²) in [6.07, 6.45) is 8.73. The highest BCUT2D eigenvalue weighted by molar-refractivity contribution is 7.82. The van der Waals surface area contributed by atoms with Crippen LogP contribution in [0.3, 0.4) is 0 Å². The molecule has 0 heterocycles. The fourth-order valence-corrected chi connectivity index (χ4v) is 6.30. The summed E-state index contributed by atoms with van der Waals surface area (Å²) in [5.74, 6) is 0.587. The Kier molecular flexibility index (Phi) is 5.18. The van der Waals surface area contributed by atoms with E-state index in [-0.39, 0.29) is 0 Å². The van der Waals surface area contributed by atoms with Gasteiger partial charge in [-0.1, -0.05) is 86.0 Å². The molecule has 1 aliphatic carbocycles. The van der Waals surface area contributed by atoms with Gasteiger partial charge in [-0.15, -0.1) is 0 Å². The third kappa shape index (κ3) is 3.51. The van der Waals surface area contributed by atoms with Crippen molar-refractivity contribution < 1.29 is 4.57 Å². The Balaban J connectivity index is 2.05. The van der Waals surface area contributed by atoms with Crippen molar-refractivity contribution in [2.45, 2.75) is 39.0 Å². The van der Waals surface area contributed by atoms with E-state index >= 15 is 0 Å². The molecule has 2 aromatic carbocycles. The molecule has 0 amide bonds. The second-order valence-electron chi connectivity index (χ2n) is 6.49. The van der Waals surface area contributed by atoms with Gasteiger partial charge in [0.25, 0.3) is 0 Å². The molecule has 23 heavy (non-hydrogen) atoms. The van der Waals surface area contributed by atoms with Gasteiger partial charge in [-0.25, -0.2) is 0 Å². The molecule has 1 aliphatic rings. The molecule has 0 spiro atoms.